The molecule has 0 bridgehead atoms. The van der Waals surface area contributed by atoms with E-state index in [-0.39, 0.29) is 11.6 Å². The Morgan fingerprint density at radius 1 is 1.13 bits per heavy atom. The number of benzene rings is 1. The summed E-state index contributed by atoms with van der Waals surface area (Å²) in [7, 11) is 0. The van der Waals surface area contributed by atoms with Gasteiger partial charge in [0.2, 0.25) is 5.43 Å². The van der Waals surface area contributed by atoms with E-state index in [1.165, 1.54) is 12.5 Å². The van der Waals surface area contributed by atoms with Gasteiger partial charge in [-0.3, -0.25) is 9.69 Å². The van der Waals surface area contributed by atoms with Crippen molar-refractivity contribution in [3.8, 4) is 0 Å². The molecule has 0 radical (unpaired) electrons. The van der Waals surface area contributed by atoms with E-state index in [1.807, 2.05) is 16.7 Å². The van der Waals surface area contributed by atoms with Crippen LogP contribution in [-0.2, 0) is 6.54 Å². The van der Waals surface area contributed by atoms with Crippen LogP contribution in [0.2, 0.25) is 0 Å². The minimum atomic E-state index is -1.19. The summed E-state index contributed by atoms with van der Waals surface area (Å²) in [5.41, 5.74) is 1.18. The number of pyridine rings is 1. The van der Waals surface area contributed by atoms with Gasteiger partial charge >= 0.3 is 11.8 Å². The molecule has 1 saturated heterocycles. The first-order chi connectivity index (χ1) is 14.5. The summed E-state index contributed by atoms with van der Waals surface area (Å²) in [5, 5.41) is 9.83. The Labute approximate surface area is 170 Å². The van der Waals surface area contributed by atoms with Crippen LogP contribution in [0.25, 0.3) is 10.9 Å². The zero-order valence-corrected chi connectivity index (χ0v) is 16.2. The molecule has 1 aromatic carbocycles. The zero-order valence-electron chi connectivity index (χ0n) is 16.2. The van der Waals surface area contributed by atoms with Crippen LogP contribution in [0.1, 0.15) is 35.0 Å². The van der Waals surface area contributed by atoms with E-state index in [2.05, 4.69) is 14.2 Å². The number of carboxylic acids is 1. The molecular formula is C21H21N3O6. The van der Waals surface area contributed by atoms with Crippen LogP contribution in [0.4, 0.5) is 5.69 Å². The molecule has 1 aliphatic heterocycles. The lowest BCUT2D eigenvalue weighted by atomic mass is 10.1. The normalized spacial score (nSPS) is 17.5. The molecule has 30 heavy (non-hydrogen) atoms. The van der Waals surface area contributed by atoms with Crippen molar-refractivity contribution >= 4 is 22.6 Å². The van der Waals surface area contributed by atoms with E-state index in [1.54, 1.807) is 6.07 Å². The lowest BCUT2D eigenvalue weighted by Gasteiger charge is -2.35. The van der Waals surface area contributed by atoms with Crippen molar-refractivity contribution in [1.82, 2.24) is 9.47 Å². The van der Waals surface area contributed by atoms with Gasteiger partial charge in [0.1, 0.15) is 11.8 Å². The third-order valence-electron chi connectivity index (χ3n) is 5.81. The molecule has 0 atom stereocenters. The number of nitrogens with zero attached hydrogens (tertiary/aromatic N) is 3. The number of hydrogen-bond acceptors (Lipinski definition) is 7. The van der Waals surface area contributed by atoms with Gasteiger partial charge in [0.15, 0.2) is 5.76 Å². The summed E-state index contributed by atoms with van der Waals surface area (Å²) >= 11 is 0. The Kier molecular flexibility index (Phi) is 4.47. The van der Waals surface area contributed by atoms with Gasteiger partial charge in [0, 0.05) is 49.5 Å². The SMILES string of the molecule is O=C(O)c1cn(C2CC2)c2cc(N3CCN(Cc4coc(=O)o4)CC3)ccc2c1=O. The number of aromatic carboxylic acids is 1. The molecule has 2 aliphatic rings. The summed E-state index contributed by atoms with van der Waals surface area (Å²) in [4.78, 5) is 39.6. The fourth-order valence-electron chi connectivity index (χ4n) is 4.06. The zero-order chi connectivity index (χ0) is 20.8. The highest BCUT2D eigenvalue weighted by atomic mass is 16.6. The van der Waals surface area contributed by atoms with Gasteiger partial charge in [0.05, 0.1) is 12.1 Å². The minimum Gasteiger partial charge on any atom is -0.477 e. The molecule has 0 unspecified atom stereocenters. The van der Waals surface area contributed by atoms with Gasteiger partial charge in [-0.05, 0) is 31.0 Å². The number of fused-ring (bicyclic) bond motifs is 1. The van der Waals surface area contributed by atoms with E-state index < -0.39 is 17.2 Å². The highest BCUT2D eigenvalue weighted by molar-refractivity contribution is 5.93. The average molecular weight is 411 g/mol. The summed E-state index contributed by atoms with van der Waals surface area (Å²) in [5.74, 6) is -1.36. The predicted octanol–water partition coefficient (Wildman–Crippen LogP) is 1.90. The van der Waals surface area contributed by atoms with Crippen LogP contribution in [-0.4, -0.2) is 46.7 Å². The fraction of sp³-hybridized carbons (Fsp3) is 0.381. The standard InChI is InChI=1S/C21H21N3O6/c25-19-16-4-3-14(9-18(16)24(13-1-2-13)11-17(19)20(26)27)23-7-5-22(6-8-23)10-15-12-29-21(28)30-15/h3-4,9,11-13H,1-2,5-8,10H2,(H,26,27). The largest absolute Gasteiger partial charge is 0.518 e. The Morgan fingerprint density at radius 2 is 1.90 bits per heavy atom. The maximum absolute atomic E-state index is 12.6. The van der Waals surface area contributed by atoms with Crippen molar-refractivity contribution in [1.29, 1.82) is 0 Å². The monoisotopic (exact) mass is 411 g/mol. The maximum atomic E-state index is 12.6. The molecule has 1 saturated carbocycles. The van der Waals surface area contributed by atoms with Gasteiger partial charge in [-0.1, -0.05) is 0 Å². The number of piperazine rings is 1. The van der Waals surface area contributed by atoms with Crippen molar-refractivity contribution < 1.29 is 18.7 Å². The van der Waals surface area contributed by atoms with Crippen molar-refractivity contribution in [3.63, 3.8) is 0 Å². The highest BCUT2D eigenvalue weighted by Gasteiger charge is 2.27. The average Bonchev–Trinajstić information content (AvgIpc) is 3.50. The Bertz CT molecular complexity index is 1230. The Morgan fingerprint density at radius 3 is 2.53 bits per heavy atom. The predicted molar refractivity (Wildman–Crippen MR) is 108 cm³/mol. The number of aromatic nitrogens is 1. The second-order valence-corrected chi connectivity index (χ2v) is 7.83. The maximum Gasteiger partial charge on any atom is 0.518 e. The van der Waals surface area contributed by atoms with Gasteiger partial charge in [-0.25, -0.2) is 9.59 Å². The molecule has 3 aromatic rings. The minimum absolute atomic E-state index is 0.179. The summed E-state index contributed by atoms with van der Waals surface area (Å²) in [6.45, 7) is 3.68. The molecule has 1 aliphatic carbocycles. The van der Waals surface area contributed by atoms with Crippen molar-refractivity contribution in [2.75, 3.05) is 31.1 Å². The second kappa shape index (κ2) is 7.17. The van der Waals surface area contributed by atoms with Crippen LogP contribution in [0.15, 0.2) is 49.1 Å². The van der Waals surface area contributed by atoms with Crippen molar-refractivity contribution in [2.45, 2.75) is 25.4 Å². The van der Waals surface area contributed by atoms with Crippen LogP contribution in [0.3, 0.4) is 0 Å². The van der Waals surface area contributed by atoms with Gasteiger partial charge < -0.3 is 23.4 Å². The Balaban J connectivity index is 1.40. The van der Waals surface area contributed by atoms with E-state index in [0.29, 0.717) is 17.7 Å². The van der Waals surface area contributed by atoms with Gasteiger partial charge in [-0.2, -0.15) is 0 Å². The molecular weight excluding hydrogens is 390 g/mol. The van der Waals surface area contributed by atoms with Gasteiger partial charge in [0.25, 0.3) is 0 Å². The molecule has 3 heterocycles. The third kappa shape index (κ3) is 3.41. The lowest BCUT2D eigenvalue weighted by molar-refractivity contribution is 0.0695. The van der Waals surface area contributed by atoms with Crippen LogP contribution in [0.5, 0.6) is 0 Å². The first-order valence-corrected chi connectivity index (χ1v) is 9.96. The van der Waals surface area contributed by atoms with Gasteiger partial charge in [-0.15, -0.1) is 0 Å². The summed E-state index contributed by atoms with van der Waals surface area (Å²) < 4.78 is 11.6. The molecule has 0 amide bonds. The highest BCUT2D eigenvalue weighted by Crippen LogP contribution is 2.37. The van der Waals surface area contributed by atoms with Crippen molar-refractivity contribution in [3.05, 3.63) is 62.8 Å². The first kappa shape index (κ1) is 18.7. The van der Waals surface area contributed by atoms with E-state index in [9.17, 15) is 19.5 Å². The molecule has 9 heteroatoms. The fourth-order valence-corrected chi connectivity index (χ4v) is 4.06. The quantitative estimate of drug-likeness (QED) is 0.678. The molecule has 5 rings (SSSR count). The number of rotatable bonds is 5. The number of carboxylic acid groups (broad SMARTS) is 1. The second-order valence-electron chi connectivity index (χ2n) is 7.83. The first-order valence-electron chi connectivity index (χ1n) is 9.96. The molecule has 156 valence electrons. The Hall–Kier alpha value is -3.33. The van der Waals surface area contributed by atoms with Crippen LogP contribution < -0.4 is 16.2 Å². The van der Waals surface area contributed by atoms with E-state index in [4.69, 9.17) is 4.42 Å². The third-order valence-corrected chi connectivity index (χ3v) is 5.81. The number of anilines is 1. The summed E-state index contributed by atoms with van der Waals surface area (Å²) in [6.07, 6.45) is 4.82. The topological polar surface area (TPSA) is 109 Å². The molecule has 0 spiro atoms. The van der Waals surface area contributed by atoms with Crippen LogP contribution >= 0.6 is 0 Å². The van der Waals surface area contributed by atoms with E-state index in [0.717, 1.165) is 50.2 Å². The van der Waals surface area contributed by atoms with Crippen LogP contribution in [0, 0.1) is 0 Å². The smallest absolute Gasteiger partial charge is 0.477 e. The molecule has 1 N–H and O–H groups in total. The molecule has 9 nitrogen and oxygen atoms in total. The molecule has 2 fully saturated rings. The summed E-state index contributed by atoms with van der Waals surface area (Å²) in [6, 6.07) is 5.87. The van der Waals surface area contributed by atoms with Crippen molar-refractivity contribution in [2.24, 2.45) is 0 Å². The number of carbonyl (C=O) groups is 1. The molecule has 2 aromatic heterocycles. The lowest BCUT2D eigenvalue weighted by Crippen LogP contribution is -2.45. The number of hydrogen-bond donors (Lipinski definition) is 1. The van der Waals surface area contributed by atoms with E-state index >= 15 is 0 Å².